The van der Waals surface area contributed by atoms with Crippen molar-refractivity contribution in [2.24, 2.45) is 0 Å². The summed E-state index contributed by atoms with van der Waals surface area (Å²) in [7, 11) is 1.34. The van der Waals surface area contributed by atoms with Crippen LogP contribution in [0.4, 0.5) is 5.82 Å². The smallest absolute Gasteiger partial charge is 0.337 e. The zero-order chi connectivity index (χ0) is 15.7. The second-order valence-electron chi connectivity index (χ2n) is 5.31. The molecule has 1 fully saturated rings. The van der Waals surface area contributed by atoms with Crippen molar-refractivity contribution in [3.63, 3.8) is 0 Å². The van der Waals surface area contributed by atoms with Gasteiger partial charge in [0.1, 0.15) is 17.5 Å². The minimum atomic E-state index is -0.389. The summed E-state index contributed by atoms with van der Waals surface area (Å²) in [5.74, 6) is 0.321. The Hall–Kier alpha value is -2.87. The number of carbonyl (C=O) groups is 1. The number of aromatic nitrogens is 1. The molecule has 5 nitrogen and oxygen atoms in total. The zero-order valence-corrected chi connectivity index (χ0v) is 12.2. The number of ether oxygens (including phenoxy) is 1. The van der Waals surface area contributed by atoms with Crippen LogP contribution in [0.2, 0.25) is 0 Å². The Bertz CT molecular complexity index is 772. The van der Waals surface area contributed by atoms with Crippen LogP contribution in [-0.4, -0.2) is 18.1 Å². The maximum absolute atomic E-state index is 11.5. The van der Waals surface area contributed by atoms with Crippen LogP contribution in [0.15, 0.2) is 30.3 Å². The van der Waals surface area contributed by atoms with Gasteiger partial charge >= 0.3 is 5.97 Å². The van der Waals surface area contributed by atoms with E-state index in [0.717, 1.165) is 29.7 Å². The summed E-state index contributed by atoms with van der Waals surface area (Å²) in [6, 6.07) is 11.0. The number of nitrogens with zero attached hydrogens (tertiary/aromatic N) is 2. The van der Waals surface area contributed by atoms with Gasteiger partial charge in [-0.25, -0.2) is 9.78 Å². The number of anilines is 1. The lowest BCUT2D eigenvalue weighted by atomic mass is 9.98. The van der Waals surface area contributed by atoms with Gasteiger partial charge in [-0.3, -0.25) is 0 Å². The Kier molecular flexibility index (Phi) is 3.51. The minimum Gasteiger partial charge on any atom is -0.465 e. The van der Waals surface area contributed by atoms with Crippen molar-refractivity contribution < 1.29 is 9.53 Å². The molecule has 1 heterocycles. The molecule has 110 valence electrons. The molecule has 1 aromatic heterocycles. The van der Waals surface area contributed by atoms with E-state index in [-0.39, 0.29) is 11.8 Å². The third-order valence-electron chi connectivity index (χ3n) is 3.79. The van der Waals surface area contributed by atoms with Crippen molar-refractivity contribution in [3.05, 3.63) is 47.2 Å². The highest BCUT2D eigenvalue weighted by Gasteiger charge is 2.27. The number of carbonyl (C=O) groups excluding carboxylic acids is 1. The fraction of sp³-hybridized carbons (Fsp3) is 0.235. The lowest BCUT2D eigenvalue weighted by Gasteiger charge is -2.10. The SMILES string of the molecule is COC(=O)c1ccc(-c2cc(C3CC3)nc(N)c2C#N)cc1. The molecule has 2 aromatic rings. The Morgan fingerprint density at radius 2 is 2.05 bits per heavy atom. The molecular weight excluding hydrogens is 278 g/mol. The van der Waals surface area contributed by atoms with Gasteiger partial charge in [-0.05, 0) is 36.6 Å². The van der Waals surface area contributed by atoms with Gasteiger partial charge in [-0.2, -0.15) is 5.26 Å². The standard InChI is InChI=1S/C17H15N3O2/c1-22-17(21)12-6-2-10(3-7-12)13-8-15(11-4-5-11)20-16(19)14(13)9-18/h2-3,6-8,11H,4-5H2,1H3,(H2,19,20). The van der Waals surface area contributed by atoms with Crippen molar-refractivity contribution in [2.75, 3.05) is 12.8 Å². The van der Waals surface area contributed by atoms with Crippen LogP contribution in [0.1, 0.15) is 40.4 Å². The van der Waals surface area contributed by atoms with Gasteiger partial charge in [0.25, 0.3) is 0 Å². The molecule has 1 saturated carbocycles. The third-order valence-corrected chi connectivity index (χ3v) is 3.79. The monoisotopic (exact) mass is 293 g/mol. The van der Waals surface area contributed by atoms with Gasteiger partial charge in [0.05, 0.1) is 12.7 Å². The van der Waals surface area contributed by atoms with Crippen molar-refractivity contribution >= 4 is 11.8 Å². The molecule has 5 heteroatoms. The zero-order valence-electron chi connectivity index (χ0n) is 12.2. The predicted molar refractivity (Wildman–Crippen MR) is 82.1 cm³/mol. The summed E-state index contributed by atoms with van der Waals surface area (Å²) in [4.78, 5) is 15.8. The van der Waals surface area contributed by atoms with E-state index in [1.807, 2.05) is 6.07 Å². The van der Waals surface area contributed by atoms with Crippen LogP contribution < -0.4 is 5.73 Å². The highest BCUT2D eigenvalue weighted by atomic mass is 16.5. The number of methoxy groups -OCH3 is 1. The number of pyridine rings is 1. The van der Waals surface area contributed by atoms with Crippen LogP contribution >= 0.6 is 0 Å². The largest absolute Gasteiger partial charge is 0.465 e. The van der Waals surface area contributed by atoms with Gasteiger partial charge in [0, 0.05) is 17.2 Å². The number of hydrogen-bond acceptors (Lipinski definition) is 5. The summed E-state index contributed by atoms with van der Waals surface area (Å²) >= 11 is 0. The number of nitriles is 1. The van der Waals surface area contributed by atoms with Crippen LogP contribution in [0.3, 0.4) is 0 Å². The van der Waals surface area contributed by atoms with Gasteiger partial charge in [0.2, 0.25) is 0 Å². The molecule has 0 unspecified atom stereocenters. The Morgan fingerprint density at radius 3 is 2.59 bits per heavy atom. The average Bonchev–Trinajstić information content (AvgIpc) is 3.38. The number of nitrogen functional groups attached to an aromatic ring is 1. The van der Waals surface area contributed by atoms with Crippen LogP contribution in [0.25, 0.3) is 11.1 Å². The van der Waals surface area contributed by atoms with E-state index in [9.17, 15) is 10.1 Å². The van der Waals surface area contributed by atoms with Gasteiger partial charge in [0.15, 0.2) is 0 Å². The van der Waals surface area contributed by atoms with E-state index in [2.05, 4.69) is 15.8 Å². The maximum atomic E-state index is 11.5. The van der Waals surface area contributed by atoms with Crippen molar-refractivity contribution in [2.45, 2.75) is 18.8 Å². The molecule has 2 N–H and O–H groups in total. The second kappa shape index (κ2) is 5.49. The Labute approximate surface area is 128 Å². The molecule has 3 rings (SSSR count). The lowest BCUT2D eigenvalue weighted by Crippen LogP contribution is -2.02. The van der Waals surface area contributed by atoms with Crippen molar-refractivity contribution in [1.29, 1.82) is 5.26 Å². The van der Waals surface area contributed by atoms with Crippen LogP contribution in [-0.2, 0) is 4.74 Å². The van der Waals surface area contributed by atoms with Crippen molar-refractivity contribution in [3.8, 4) is 17.2 Å². The molecule has 0 saturated heterocycles. The Balaban J connectivity index is 2.06. The van der Waals surface area contributed by atoms with E-state index in [4.69, 9.17) is 5.73 Å². The molecule has 1 aromatic carbocycles. The van der Waals surface area contributed by atoms with E-state index < -0.39 is 0 Å². The van der Waals surface area contributed by atoms with Gasteiger partial charge in [-0.1, -0.05) is 12.1 Å². The molecule has 0 atom stereocenters. The first-order valence-corrected chi connectivity index (χ1v) is 7.03. The quantitative estimate of drug-likeness (QED) is 0.879. The van der Waals surface area contributed by atoms with E-state index >= 15 is 0 Å². The molecular formula is C17H15N3O2. The maximum Gasteiger partial charge on any atom is 0.337 e. The topological polar surface area (TPSA) is 89.0 Å². The highest BCUT2D eigenvalue weighted by Crippen LogP contribution is 2.41. The molecule has 0 radical (unpaired) electrons. The third kappa shape index (κ3) is 2.51. The first-order chi connectivity index (χ1) is 10.6. The predicted octanol–water partition coefficient (Wildman–Crippen LogP) is 2.87. The normalized spacial score (nSPS) is 13.5. The number of hydrogen-bond donors (Lipinski definition) is 1. The fourth-order valence-corrected chi connectivity index (χ4v) is 2.42. The molecule has 22 heavy (non-hydrogen) atoms. The van der Waals surface area contributed by atoms with E-state index in [0.29, 0.717) is 17.0 Å². The summed E-state index contributed by atoms with van der Waals surface area (Å²) < 4.78 is 4.68. The second-order valence-corrected chi connectivity index (χ2v) is 5.31. The Morgan fingerprint density at radius 1 is 1.36 bits per heavy atom. The molecule has 0 amide bonds. The highest BCUT2D eigenvalue weighted by molar-refractivity contribution is 5.90. The first-order valence-electron chi connectivity index (χ1n) is 7.03. The number of rotatable bonds is 3. The summed E-state index contributed by atoms with van der Waals surface area (Å²) in [5.41, 5.74) is 9.29. The number of benzene rings is 1. The van der Waals surface area contributed by atoms with Crippen molar-refractivity contribution in [1.82, 2.24) is 4.98 Å². The summed E-state index contributed by atoms with van der Waals surface area (Å²) in [6.45, 7) is 0. The lowest BCUT2D eigenvalue weighted by molar-refractivity contribution is 0.0601. The van der Waals surface area contributed by atoms with Gasteiger partial charge < -0.3 is 10.5 Å². The average molecular weight is 293 g/mol. The molecule has 0 bridgehead atoms. The fourth-order valence-electron chi connectivity index (χ4n) is 2.42. The summed E-state index contributed by atoms with van der Waals surface area (Å²) in [5, 5.41) is 9.34. The molecule has 0 spiro atoms. The number of esters is 1. The van der Waals surface area contributed by atoms with Crippen LogP contribution in [0, 0.1) is 11.3 Å². The number of nitrogens with two attached hydrogens (primary N) is 1. The van der Waals surface area contributed by atoms with Crippen LogP contribution in [0.5, 0.6) is 0 Å². The first kappa shape index (κ1) is 14.1. The molecule has 1 aliphatic carbocycles. The van der Waals surface area contributed by atoms with E-state index in [1.165, 1.54) is 7.11 Å². The molecule has 0 aliphatic heterocycles. The summed E-state index contributed by atoms with van der Waals surface area (Å²) in [6.07, 6.45) is 2.22. The minimum absolute atomic E-state index is 0.263. The van der Waals surface area contributed by atoms with Gasteiger partial charge in [-0.15, -0.1) is 0 Å². The molecule has 1 aliphatic rings. The van der Waals surface area contributed by atoms with E-state index in [1.54, 1.807) is 24.3 Å².